The van der Waals surface area contributed by atoms with E-state index in [1.54, 1.807) is 24.9 Å². The van der Waals surface area contributed by atoms with Crippen molar-refractivity contribution in [3.63, 3.8) is 0 Å². The van der Waals surface area contributed by atoms with Gasteiger partial charge in [0.05, 0.1) is 18.0 Å². The van der Waals surface area contributed by atoms with E-state index in [2.05, 4.69) is 0 Å². The zero-order valence-electron chi connectivity index (χ0n) is 12.3. The summed E-state index contributed by atoms with van der Waals surface area (Å²) >= 11 is 0. The van der Waals surface area contributed by atoms with Crippen molar-refractivity contribution < 1.29 is 23.1 Å². The molecule has 6 heteroatoms. The Labute approximate surface area is 127 Å². The second kappa shape index (κ2) is 6.70. The smallest absolute Gasteiger partial charge is 0.307 e. The number of nitrogens with zero attached hydrogens (tertiary/aromatic N) is 1. The number of hydrogen-bond donors (Lipinski definition) is 1. The Bertz CT molecular complexity index is 649. The number of carboxylic acids is 1. The number of rotatable bonds is 6. The second-order valence-corrected chi connectivity index (χ2v) is 5.30. The minimum Gasteiger partial charge on any atom is -0.481 e. The van der Waals surface area contributed by atoms with Crippen LogP contribution in [0.4, 0.5) is 8.78 Å². The lowest BCUT2D eigenvalue weighted by Crippen LogP contribution is -2.28. The first-order valence-corrected chi connectivity index (χ1v) is 6.83. The first kappa shape index (κ1) is 16.2. The normalized spacial score (nSPS) is 12.6. The molecule has 0 saturated carbocycles. The number of carboxylic acid groups (broad SMARTS) is 1. The van der Waals surface area contributed by atoms with Crippen molar-refractivity contribution >= 4 is 5.97 Å². The summed E-state index contributed by atoms with van der Waals surface area (Å²) in [5, 5.41) is 8.88. The van der Waals surface area contributed by atoms with E-state index in [4.69, 9.17) is 9.52 Å². The van der Waals surface area contributed by atoms with Crippen LogP contribution in [0.15, 0.2) is 34.7 Å². The maximum absolute atomic E-state index is 13.7. The van der Waals surface area contributed by atoms with Gasteiger partial charge < -0.3 is 9.52 Å². The summed E-state index contributed by atoms with van der Waals surface area (Å²) in [6, 6.07) is 6.76. The van der Waals surface area contributed by atoms with Gasteiger partial charge in [-0.3, -0.25) is 9.69 Å². The van der Waals surface area contributed by atoms with Crippen LogP contribution >= 0.6 is 0 Å². The molecule has 1 unspecified atom stereocenters. The summed E-state index contributed by atoms with van der Waals surface area (Å²) in [5.41, 5.74) is -0.199. The number of carbonyl (C=O) groups is 1. The van der Waals surface area contributed by atoms with Crippen molar-refractivity contribution in [2.75, 3.05) is 13.6 Å². The second-order valence-electron chi connectivity index (χ2n) is 5.30. The van der Waals surface area contributed by atoms with Crippen LogP contribution in [0, 0.1) is 17.6 Å². The Hall–Kier alpha value is -2.21. The van der Waals surface area contributed by atoms with Crippen molar-refractivity contribution in [2.24, 2.45) is 5.92 Å². The minimum atomic E-state index is -0.875. The molecule has 4 nitrogen and oxygen atoms in total. The minimum absolute atomic E-state index is 0.116. The van der Waals surface area contributed by atoms with Gasteiger partial charge in [0.25, 0.3) is 0 Å². The number of aliphatic carboxylic acids is 1. The van der Waals surface area contributed by atoms with E-state index in [1.807, 2.05) is 0 Å². The van der Waals surface area contributed by atoms with E-state index in [1.165, 1.54) is 24.3 Å². The van der Waals surface area contributed by atoms with Crippen molar-refractivity contribution in [3.8, 4) is 11.3 Å². The summed E-state index contributed by atoms with van der Waals surface area (Å²) in [6.07, 6.45) is 0. The molecule has 2 rings (SSSR count). The van der Waals surface area contributed by atoms with Gasteiger partial charge in [0.15, 0.2) is 0 Å². The highest BCUT2D eigenvalue weighted by Gasteiger charge is 2.17. The maximum atomic E-state index is 13.7. The third-order valence-corrected chi connectivity index (χ3v) is 3.30. The van der Waals surface area contributed by atoms with Gasteiger partial charge in [-0.1, -0.05) is 13.0 Å². The molecule has 0 bridgehead atoms. The summed E-state index contributed by atoms with van der Waals surface area (Å²) in [6.45, 7) is 2.31. The highest BCUT2D eigenvalue weighted by atomic mass is 19.1. The van der Waals surface area contributed by atoms with Crippen LogP contribution in [0.2, 0.25) is 0 Å². The van der Waals surface area contributed by atoms with Gasteiger partial charge in [-0.25, -0.2) is 8.78 Å². The Morgan fingerprint density at radius 1 is 1.27 bits per heavy atom. The third-order valence-electron chi connectivity index (χ3n) is 3.30. The fourth-order valence-electron chi connectivity index (χ4n) is 2.21. The molecule has 1 N–H and O–H groups in total. The van der Waals surface area contributed by atoms with Gasteiger partial charge in [0.2, 0.25) is 0 Å². The van der Waals surface area contributed by atoms with Crippen molar-refractivity contribution in [3.05, 3.63) is 47.7 Å². The SMILES string of the molecule is CC(CN(C)Cc1ccc(-c2c(F)cccc2F)o1)C(=O)O. The van der Waals surface area contributed by atoms with Crippen LogP contribution in [-0.2, 0) is 11.3 Å². The molecule has 0 amide bonds. The van der Waals surface area contributed by atoms with Crippen molar-refractivity contribution in [1.82, 2.24) is 4.90 Å². The lowest BCUT2D eigenvalue weighted by atomic mass is 10.1. The van der Waals surface area contributed by atoms with Gasteiger partial charge in [0, 0.05) is 6.54 Å². The molecule has 0 fully saturated rings. The predicted molar refractivity (Wildman–Crippen MR) is 77.2 cm³/mol. The van der Waals surface area contributed by atoms with Crippen molar-refractivity contribution in [2.45, 2.75) is 13.5 Å². The molecule has 1 aromatic heterocycles. The lowest BCUT2D eigenvalue weighted by Gasteiger charge is -2.17. The highest BCUT2D eigenvalue weighted by molar-refractivity contribution is 5.69. The Morgan fingerprint density at radius 3 is 2.50 bits per heavy atom. The number of halogens is 2. The van der Waals surface area contributed by atoms with E-state index in [-0.39, 0.29) is 11.3 Å². The third kappa shape index (κ3) is 3.71. The molecule has 118 valence electrons. The monoisotopic (exact) mass is 309 g/mol. The van der Waals surface area contributed by atoms with Crippen LogP contribution in [0.3, 0.4) is 0 Å². The Morgan fingerprint density at radius 2 is 1.91 bits per heavy atom. The molecular formula is C16H17F2NO3. The zero-order chi connectivity index (χ0) is 16.3. The van der Waals surface area contributed by atoms with Gasteiger partial charge >= 0.3 is 5.97 Å². The van der Waals surface area contributed by atoms with Crippen LogP contribution in [0.25, 0.3) is 11.3 Å². The number of benzene rings is 1. The Kier molecular flexibility index (Phi) is 4.92. The van der Waals surface area contributed by atoms with Crippen LogP contribution in [0.5, 0.6) is 0 Å². The van der Waals surface area contributed by atoms with E-state index >= 15 is 0 Å². The molecule has 1 aromatic carbocycles. The fraction of sp³-hybridized carbons (Fsp3) is 0.312. The molecule has 0 radical (unpaired) electrons. The highest BCUT2D eigenvalue weighted by Crippen LogP contribution is 2.28. The summed E-state index contributed by atoms with van der Waals surface area (Å²) in [7, 11) is 1.76. The maximum Gasteiger partial charge on any atom is 0.307 e. The number of furan rings is 1. The molecule has 0 aliphatic rings. The van der Waals surface area contributed by atoms with Crippen LogP contribution in [-0.4, -0.2) is 29.6 Å². The Balaban J connectivity index is 2.10. The van der Waals surface area contributed by atoms with Gasteiger partial charge in [-0.15, -0.1) is 0 Å². The summed E-state index contributed by atoms with van der Waals surface area (Å²) in [5.74, 6) is -2.13. The van der Waals surface area contributed by atoms with E-state index in [0.717, 1.165) is 0 Å². The molecule has 0 aliphatic heterocycles. The standard InChI is InChI=1S/C16H17F2NO3/c1-10(16(20)21)8-19(2)9-11-6-7-14(22-11)15-12(17)4-3-5-13(15)18/h3-7,10H,8-9H2,1-2H3,(H,20,21). The van der Waals surface area contributed by atoms with Gasteiger partial charge in [-0.05, 0) is 31.3 Å². The van der Waals surface area contributed by atoms with Crippen LogP contribution in [0.1, 0.15) is 12.7 Å². The molecule has 2 aromatic rings. The molecule has 0 aliphatic carbocycles. The van der Waals surface area contributed by atoms with E-state index < -0.39 is 23.5 Å². The lowest BCUT2D eigenvalue weighted by molar-refractivity contribution is -0.141. The zero-order valence-corrected chi connectivity index (χ0v) is 12.3. The first-order chi connectivity index (χ1) is 10.4. The molecule has 1 heterocycles. The first-order valence-electron chi connectivity index (χ1n) is 6.83. The molecule has 22 heavy (non-hydrogen) atoms. The molecule has 0 saturated heterocycles. The van der Waals surface area contributed by atoms with E-state index in [9.17, 15) is 13.6 Å². The largest absolute Gasteiger partial charge is 0.481 e. The average Bonchev–Trinajstić information content (AvgIpc) is 2.86. The van der Waals surface area contributed by atoms with Gasteiger partial charge in [-0.2, -0.15) is 0 Å². The quantitative estimate of drug-likeness (QED) is 0.889. The molecule has 0 spiro atoms. The summed E-state index contributed by atoms with van der Waals surface area (Å²) < 4.78 is 32.9. The molecular weight excluding hydrogens is 292 g/mol. The fourth-order valence-corrected chi connectivity index (χ4v) is 2.21. The van der Waals surface area contributed by atoms with Crippen LogP contribution < -0.4 is 0 Å². The predicted octanol–water partition coefficient (Wildman–Crippen LogP) is 3.38. The average molecular weight is 309 g/mol. The molecule has 1 atom stereocenters. The number of hydrogen-bond acceptors (Lipinski definition) is 3. The topological polar surface area (TPSA) is 53.7 Å². The van der Waals surface area contributed by atoms with Crippen molar-refractivity contribution in [1.29, 1.82) is 0 Å². The van der Waals surface area contributed by atoms with Gasteiger partial charge in [0.1, 0.15) is 23.2 Å². The summed E-state index contributed by atoms with van der Waals surface area (Å²) in [4.78, 5) is 12.6. The van der Waals surface area contributed by atoms with E-state index in [0.29, 0.717) is 18.8 Å².